The lowest BCUT2D eigenvalue weighted by Gasteiger charge is -2.21. The Morgan fingerprint density at radius 1 is 1.05 bits per heavy atom. The molecule has 0 spiro atoms. The molecule has 1 aromatic rings. The standard InChI is InChI=1S/C18H32N2O/c1-14(2)16-7-9-17(10-8-16)18(21)13-19-11-6-12-20(5)15(3)4/h7-10,14-15,18-19,21H,6,11-13H2,1-5H3. The summed E-state index contributed by atoms with van der Waals surface area (Å²) in [6.45, 7) is 11.4. The van der Waals surface area contributed by atoms with Crippen molar-refractivity contribution in [2.45, 2.75) is 52.2 Å². The number of aliphatic hydroxyl groups excluding tert-OH is 1. The van der Waals surface area contributed by atoms with Crippen molar-refractivity contribution < 1.29 is 5.11 Å². The van der Waals surface area contributed by atoms with Crippen LogP contribution in [-0.2, 0) is 0 Å². The molecule has 1 aromatic carbocycles. The molecule has 0 aliphatic carbocycles. The Bertz CT molecular complexity index is 387. The Kier molecular flexibility index (Phi) is 7.94. The fourth-order valence-electron chi connectivity index (χ4n) is 2.17. The van der Waals surface area contributed by atoms with E-state index in [-0.39, 0.29) is 0 Å². The van der Waals surface area contributed by atoms with Crippen LogP contribution >= 0.6 is 0 Å². The maximum atomic E-state index is 10.2. The largest absolute Gasteiger partial charge is 0.387 e. The third kappa shape index (κ3) is 6.60. The second-order valence-corrected chi connectivity index (χ2v) is 6.47. The first-order valence-electron chi connectivity index (χ1n) is 8.10. The summed E-state index contributed by atoms with van der Waals surface area (Å²) in [7, 11) is 2.15. The van der Waals surface area contributed by atoms with Gasteiger partial charge in [0.2, 0.25) is 0 Å². The average Bonchev–Trinajstić information content (AvgIpc) is 2.46. The molecule has 0 saturated heterocycles. The number of nitrogens with one attached hydrogen (secondary N) is 1. The molecule has 3 heteroatoms. The number of hydrogen-bond acceptors (Lipinski definition) is 3. The van der Waals surface area contributed by atoms with Gasteiger partial charge in [-0.15, -0.1) is 0 Å². The monoisotopic (exact) mass is 292 g/mol. The highest BCUT2D eigenvalue weighted by molar-refractivity contribution is 5.26. The van der Waals surface area contributed by atoms with Crippen LogP contribution in [-0.4, -0.2) is 42.7 Å². The summed E-state index contributed by atoms with van der Waals surface area (Å²) < 4.78 is 0. The molecule has 0 bridgehead atoms. The fourth-order valence-corrected chi connectivity index (χ4v) is 2.17. The average molecular weight is 292 g/mol. The lowest BCUT2D eigenvalue weighted by atomic mass is 10.00. The van der Waals surface area contributed by atoms with Crippen molar-refractivity contribution in [2.24, 2.45) is 0 Å². The van der Waals surface area contributed by atoms with Crippen molar-refractivity contribution in [3.63, 3.8) is 0 Å². The predicted octanol–water partition coefficient (Wildman–Crippen LogP) is 3.16. The Hall–Kier alpha value is -0.900. The lowest BCUT2D eigenvalue weighted by molar-refractivity contribution is 0.173. The van der Waals surface area contributed by atoms with E-state index in [0.29, 0.717) is 18.5 Å². The van der Waals surface area contributed by atoms with E-state index in [2.05, 4.69) is 57.1 Å². The van der Waals surface area contributed by atoms with Crippen molar-refractivity contribution in [3.8, 4) is 0 Å². The molecule has 0 heterocycles. The molecular formula is C18H32N2O. The van der Waals surface area contributed by atoms with E-state index < -0.39 is 6.10 Å². The number of nitrogens with zero attached hydrogens (tertiary/aromatic N) is 1. The van der Waals surface area contributed by atoms with Crippen LogP contribution in [0.15, 0.2) is 24.3 Å². The van der Waals surface area contributed by atoms with Gasteiger partial charge in [-0.2, -0.15) is 0 Å². The zero-order valence-corrected chi connectivity index (χ0v) is 14.3. The SMILES string of the molecule is CC(C)c1ccc(C(O)CNCCCN(C)C(C)C)cc1. The van der Waals surface area contributed by atoms with Gasteiger partial charge >= 0.3 is 0 Å². The van der Waals surface area contributed by atoms with Crippen LogP contribution < -0.4 is 5.32 Å². The minimum Gasteiger partial charge on any atom is -0.387 e. The molecule has 0 fully saturated rings. The van der Waals surface area contributed by atoms with E-state index in [1.807, 2.05) is 12.1 Å². The normalized spacial score (nSPS) is 13.4. The van der Waals surface area contributed by atoms with Crippen LogP contribution in [0.5, 0.6) is 0 Å². The molecule has 0 aromatic heterocycles. The molecule has 0 amide bonds. The number of aliphatic hydroxyl groups is 1. The maximum Gasteiger partial charge on any atom is 0.0914 e. The highest BCUT2D eigenvalue weighted by Gasteiger charge is 2.08. The summed E-state index contributed by atoms with van der Waals surface area (Å²) in [6, 6.07) is 8.89. The number of hydrogen-bond donors (Lipinski definition) is 2. The second-order valence-electron chi connectivity index (χ2n) is 6.47. The third-order valence-corrected chi connectivity index (χ3v) is 4.07. The summed E-state index contributed by atoms with van der Waals surface area (Å²) in [6.07, 6.45) is 0.683. The molecule has 21 heavy (non-hydrogen) atoms. The van der Waals surface area contributed by atoms with Gasteiger partial charge in [0, 0.05) is 12.6 Å². The molecule has 0 aliphatic rings. The van der Waals surface area contributed by atoms with Crippen molar-refractivity contribution in [2.75, 3.05) is 26.7 Å². The Labute approximate surface area is 130 Å². The van der Waals surface area contributed by atoms with Crippen molar-refractivity contribution in [3.05, 3.63) is 35.4 Å². The molecular weight excluding hydrogens is 260 g/mol. The Morgan fingerprint density at radius 3 is 2.14 bits per heavy atom. The molecule has 1 atom stereocenters. The van der Waals surface area contributed by atoms with Crippen LogP contribution in [0.3, 0.4) is 0 Å². The first-order valence-corrected chi connectivity index (χ1v) is 8.10. The zero-order chi connectivity index (χ0) is 15.8. The van der Waals surface area contributed by atoms with Gasteiger partial charge in [-0.05, 0) is 57.5 Å². The molecule has 120 valence electrons. The Balaban J connectivity index is 2.26. The van der Waals surface area contributed by atoms with E-state index in [1.165, 1.54) is 5.56 Å². The van der Waals surface area contributed by atoms with Crippen LogP contribution in [0.25, 0.3) is 0 Å². The third-order valence-electron chi connectivity index (χ3n) is 4.07. The molecule has 1 unspecified atom stereocenters. The maximum absolute atomic E-state index is 10.2. The molecule has 2 N–H and O–H groups in total. The van der Waals surface area contributed by atoms with Crippen LogP contribution in [0.4, 0.5) is 0 Å². The minimum absolute atomic E-state index is 0.422. The van der Waals surface area contributed by atoms with Gasteiger partial charge in [0.05, 0.1) is 6.10 Å². The summed E-state index contributed by atoms with van der Waals surface area (Å²) in [5.41, 5.74) is 2.31. The van der Waals surface area contributed by atoms with Crippen molar-refractivity contribution in [1.29, 1.82) is 0 Å². The highest BCUT2D eigenvalue weighted by Crippen LogP contribution is 2.18. The molecule has 3 nitrogen and oxygen atoms in total. The molecule has 1 rings (SSSR count). The van der Waals surface area contributed by atoms with Gasteiger partial charge < -0.3 is 15.3 Å². The van der Waals surface area contributed by atoms with E-state index in [4.69, 9.17) is 0 Å². The minimum atomic E-state index is -0.422. The van der Waals surface area contributed by atoms with E-state index >= 15 is 0 Å². The number of rotatable bonds is 9. The molecule has 0 saturated carbocycles. The highest BCUT2D eigenvalue weighted by atomic mass is 16.3. The summed E-state index contributed by atoms with van der Waals surface area (Å²) in [5, 5.41) is 13.5. The summed E-state index contributed by atoms with van der Waals surface area (Å²) in [5.74, 6) is 0.535. The smallest absolute Gasteiger partial charge is 0.0914 e. The second kappa shape index (κ2) is 9.19. The van der Waals surface area contributed by atoms with E-state index in [1.54, 1.807) is 0 Å². The van der Waals surface area contributed by atoms with Gasteiger partial charge in [0.25, 0.3) is 0 Å². The first kappa shape index (κ1) is 18.1. The summed E-state index contributed by atoms with van der Waals surface area (Å²) in [4.78, 5) is 2.34. The topological polar surface area (TPSA) is 35.5 Å². The van der Waals surface area contributed by atoms with Gasteiger partial charge in [0.1, 0.15) is 0 Å². The van der Waals surface area contributed by atoms with E-state index in [0.717, 1.165) is 25.1 Å². The van der Waals surface area contributed by atoms with Crippen molar-refractivity contribution >= 4 is 0 Å². The predicted molar refractivity (Wildman–Crippen MR) is 90.7 cm³/mol. The number of benzene rings is 1. The van der Waals surface area contributed by atoms with Crippen LogP contribution in [0, 0.1) is 0 Å². The first-order chi connectivity index (χ1) is 9.91. The summed E-state index contributed by atoms with van der Waals surface area (Å²) >= 11 is 0. The Morgan fingerprint density at radius 2 is 1.62 bits per heavy atom. The quantitative estimate of drug-likeness (QED) is 0.686. The lowest BCUT2D eigenvalue weighted by Crippen LogP contribution is -2.30. The van der Waals surface area contributed by atoms with Gasteiger partial charge in [-0.1, -0.05) is 38.1 Å². The zero-order valence-electron chi connectivity index (χ0n) is 14.3. The van der Waals surface area contributed by atoms with Crippen LogP contribution in [0.2, 0.25) is 0 Å². The molecule has 0 aliphatic heterocycles. The van der Waals surface area contributed by atoms with Gasteiger partial charge in [0.15, 0.2) is 0 Å². The van der Waals surface area contributed by atoms with Crippen LogP contribution in [0.1, 0.15) is 57.3 Å². The fraction of sp³-hybridized carbons (Fsp3) is 0.667. The van der Waals surface area contributed by atoms with E-state index in [9.17, 15) is 5.11 Å². The van der Waals surface area contributed by atoms with Gasteiger partial charge in [-0.3, -0.25) is 0 Å². The molecule has 0 radical (unpaired) electrons. The van der Waals surface area contributed by atoms with Gasteiger partial charge in [-0.25, -0.2) is 0 Å². The van der Waals surface area contributed by atoms with Crippen molar-refractivity contribution in [1.82, 2.24) is 10.2 Å².